The van der Waals surface area contributed by atoms with Crippen molar-refractivity contribution in [1.82, 2.24) is 25.2 Å². The highest BCUT2D eigenvalue weighted by molar-refractivity contribution is 6.12. The number of nitrogens with zero attached hydrogens (tertiary/aromatic N) is 5. The number of likely N-dealkylation sites (tertiary alicyclic amines) is 1. The van der Waals surface area contributed by atoms with E-state index in [2.05, 4.69) is 25.6 Å². The molecule has 2 N–H and O–H groups in total. The molecular formula is C26H35N7O3. The van der Waals surface area contributed by atoms with E-state index in [1.807, 2.05) is 19.1 Å². The lowest BCUT2D eigenvalue weighted by molar-refractivity contribution is -0.156. The summed E-state index contributed by atoms with van der Waals surface area (Å²) in [5, 5.41) is 6.06. The number of rotatable bonds is 8. The van der Waals surface area contributed by atoms with Crippen molar-refractivity contribution in [2.75, 3.05) is 24.3 Å². The number of hydrogen-bond donors (Lipinski definition) is 2. The number of urea groups is 1. The van der Waals surface area contributed by atoms with Gasteiger partial charge in [-0.1, -0.05) is 26.2 Å². The monoisotopic (exact) mass is 493 g/mol. The highest BCUT2D eigenvalue weighted by Crippen LogP contribution is 2.33. The molecule has 2 fully saturated rings. The zero-order valence-corrected chi connectivity index (χ0v) is 21.2. The molecule has 10 nitrogen and oxygen atoms in total. The molecule has 0 spiro atoms. The van der Waals surface area contributed by atoms with E-state index < -0.39 is 23.9 Å². The summed E-state index contributed by atoms with van der Waals surface area (Å²) < 4.78 is 0. The molecule has 0 unspecified atom stereocenters. The molecule has 0 bridgehead atoms. The van der Waals surface area contributed by atoms with Crippen LogP contribution < -0.4 is 15.5 Å². The summed E-state index contributed by atoms with van der Waals surface area (Å²) in [6.07, 6.45) is 11.5. The van der Waals surface area contributed by atoms with Crippen LogP contribution in [0.2, 0.25) is 0 Å². The fourth-order valence-electron chi connectivity index (χ4n) is 5.33. The second-order valence-electron chi connectivity index (χ2n) is 9.57. The maximum absolute atomic E-state index is 13.6. The van der Waals surface area contributed by atoms with E-state index in [4.69, 9.17) is 0 Å². The summed E-state index contributed by atoms with van der Waals surface area (Å²) in [6, 6.07) is 3.86. The van der Waals surface area contributed by atoms with Gasteiger partial charge in [-0.05, 0) is 55.4 Å². The zero-order chi connectivity index (χ0) is 25.7. The number of aromatic nitrogens is 3. The predicted molar refractivity (Wildman–Crippen MR) is 136 cm³/mol. The number of nitrogens with one attached hydrogen (secondary N) is 2. The first-order valence-corrected chi connectivity index (χ1v) is 12.7. The molecule has 1 saturated carbocycles. The maximum Gasteiger partial charge on any atom is 0.325 e. The molecule has 0 aromatic carbocycles. The second-order valence-corrected chi connectivity index (χ2v) is 9.57. The highest BCUT2D eigenvalue weighted by atomic mass is 16.2. The van der Waals surface area contributed by atoms with Gasteiger partial charge in [0.2, 0.25) is 11.9 Å². The van der Waals surface area contributed by atoms with E-state index in [0.29, 0.717) is 18.2 Å². The molecule has 2 aromatic rings. The number of amides is 4. The van der Waals surface area contributed by atoms with Crippen LogP contribution in [-0.2, 0) is 16.0 Å². The Bertz CT molecular complexity index is 1070. The second kappa shape index (κ2) is 11.5. The topological polar surface area (TPSA) is 120 Å². The lowest BCUT2D eigenvalue weighted by Crippen LogP contribution is -2.71. The lowest BCUT2D eigenvalue weighted by Gasteiger charge is -2.46. The average Bonchev–Trinajstić information content (AvgIpc) is 2.93. The van der Waals surface area contributed by atoms with Crippen molar-refractivity contribution in [3.63, 3.8) is 0 Å². The molecule has 10 heteroatoms. The van der Waals surface area contributed by atoms with Crippen molar-refractivity contribution in [3.05, 3.63) is 42.4 Å². The van der Waals surface area contributed by atoms with Gasteiger partial charge >= 0.3 is 6.03 Å². The summed E-state index contributed by atoms with van der Waals surface area (Å²) in [7, 11) is 3.33. The fraction of sp³-hybridized carbons (Fsp3) is 0.538. The molecule has 2 aliphatic rings. The summed E-state index contributed by atoms with van der Waals surface area (Å²) in [4.78, 5) is 55.3. The number of anilines is 2. The molecule has 192 valence electrons. The van der Waals surface area contributed by atoms with Crippen LogP contribution >= 0.6 is 0 Å². The first kappa shape index (κ1) is 25.5. The minimum atomic E-state index is -0.943. The Morgan fingerprint density at radius 3 is 2.53 bits per heavy atom. The van der Waals surface area contributed by atoms with Crippen LogP contribution in [0.15, 0.2) is 36.8 Å². The van der Waals surface area contributed by atoms with E-state index in [-0.39, 0.29) is 17.9 Å². The normalized spacial score (nSPS) is 20.9. The number of likely N-dealkylation sites (N-methyl/N-ethyl adjacent to an activating group) is 1. The molecule has 36 heavy (non-hydrogen) atoms. The SMILES string of the molecule is CC[C@@H](NC(=O)N1C(=O)[C@H](Cc2ccnc(NC)c2)[C@H]1C(=O)N(C)c1ncccn1)C1CCCCC1. The summed E-state index contributed by atoms with van der Waals surface area (Å²) in [6.45, 7) is 2.05. The molecule has 2 aromatic heterocycles. The number of imide groups is 1. The van der Waals surface area contributed by atoms with Crippen molar-refractivity contribution in [1.29, 1.82) is 0 Å². The lowest BCUT2D eigenvalue weighted by atomic mass is 9.81. The average molecular weight is 494 g/mol. The molecule has 4 amide bonds. The van der Waals surface area contributed by atoms with Gasteiger partial charge in [-0.2, -0.15) is 0 Å². The van der Waals surface area contributed by atoms with Gasteiger partial charge in [0, 0.05) is 38.7 Å². The van der Waals surface area contributed by atoms with Crippen LogP contribution in [0, 0.1) is 11.8 Å². The van der Waals surface area contributed by atoms with E-state index in [0.717, 1.165) is 42.6 Å². The van der Waals surface area contributed by atoms with Gasteiger partial charge in [-0.25, -0.2) is 19.7 Å². The summed E-state index contributed by atoms with van der Waals surface area (Å²) >= 11 is 0. The largest absolute Gasteiger partial charge is 0.373 e. The quantitative estimate of drug-likeness (QED) is 0.542. The third-order valence-corrected chi connectivity index (χ3v) is 7.37. The Kier molecular flexibility index (Phi) is 8.12. The summed E-state index contributed by atoms with van der Waals surface area (Å²) in [5.41, 5.74) is 0.859. The van der Waals surface area contributed by atoms with Crippen molar-refractivity contribution in [2.45, 2.75) is 64.0 Å². The molecule has 3 atom stereocenters. The Hall–Kier alpha value is -3.56. The fourth-order valence-corrected chi connectivity index (χ4v) is 5.33. The number of hydrogen-bond acceptors (Lipinski definition) is 7. The van der Waals surface area contributed by atoms with Crippen molar-refractivity contribution >= 4 is 29.6 Å². The molecule has 1 aliphatic heterocycles. The molecule has 1 aliphatic carbocycles. The van der Waals surface area contributed by atoms with E-state index in [1.165, 1.54) is 11.3 Å². The van der Waals surface area contributed by atoms with Gasteiger partial charge in [0.25, 0.3) is 5.91 Å². The minimum Gasteiger partial charge on any atom is -0.373 e. The number of pyridine rings is 1. The van der Waals surface area contributed by atoms with Crippen LogP contribution in [0.3, 0.4) is 0 Å². The van der Waals surface area contributed by atoms with Crippen molar-refractivity contribution in [2.24, 2.45) is 11.8 Å². The first-order valence-electron chi connectivity index (χ1n) is 12.7. The molecule has 3 heterocycles. The van der Waals surface area contributed by atoms with Crippen LogP contribution in [0.25, 0.3) is 0 Å². The van der Waals surface area contributed by atoms with E-state index in [1.54, 1.807) is 38.8 Å². The van der Waals surface area contributed by atoms with Crippen LogP contribution in [0.1, 0.15) is 51.0 Å². The van der Waals surface area contributed by atoms with Gasteiger partial charge in [0.15, 0.2) is 0 Å². The first-order chi connectivity index (χ1) is 17.4. The number of carbonyl (C=O) groups is 3. The van der Waals surface area contributed by atoms with Crippen LogP contribution in [0.4, 0.5) is 16.6 Å². The Balaban J connectivity index is 1.56. The number of carbonyl (C=O) groups excluding carboxylic acids is 3. The van der Waals surface area contributed by atoms with Gasteiger partial charge in [0.1, 0.15) is 11.9 Å². The third kappa shape index (κ3) is 5.32. The van der Waals surface area contributed by atoms with E-state index in [9.17, 15) is 14.4 Å². The van der Waals surface area contributed by atoms with E-state index >= 15 is 0 Å². The van der Waals surface area contributed by atoms with Gasteiger partial charge in [0.05, 0.1) is 5.92 Å². The van der Waals surface area contributed by atoms with Crippen molar-refractivity contribution < 1.29 is 14.4 Å². The summed E-state index contributed by atoms with van der Waals surface area (Å²) in [5.74, 6) is -0.132. The Labute approximate surface area is 211 Å². The standard InChI is InChI=1S/C26H35N7O3/c1-4-20(18-9-6-5-7-10-18)31-26(36)33-22(24(35)32(3)25-29-12-8-13-30-25)19(23(33)34)15-17-11-14-28-21(16-17)27-2/h8,11-14,16,18-20,22H,4-7,9-10,15H2,1-3H3,(H,27,28)(H,31,36)/t19-,20-,22+/m1/s1. The molecule has 4 rings (SSSR count). The van der Waals surface area contributed by atoms with Crippen LogP contribution in [0.5, 0.6) is 0 Å². The Morgan fingerprint density at radius 1 is 1.14 bits per heavy atom. The molecule has 1 saturated heterocycles. The molecule has 0 radical (unpaired) electrons. The molecular weight excluding hydrogens is 458 g/mol. The Morgan fingerprint density at radius 2 is 1.86 bits per heavy atom. The van der Waals surface area contributed by atoms with Gasteiger partial charge in [-0.3, -0.25) is 19.4 Å². The predicted octanol–water partition coefficient (Wildman–Crippen LogP) is 3.01. The highest BCUT2D eigenvalue weighted by Gasteiger charge is 2.55. The van der Waals surface area contributed by atoms with Gasteiger partial charge < -0.3 is 10.6 Å². The van der Waals surface area contributed by atoms with Crippen LogP contribution in [-0.4, -0.2) is 63.9 Å². The van der Waals surface area contributed by atoms with Crippen molar-refractivity contribution in [3.8, 4) is 0 Å². The zero-order valence-electron chi connectivity index (χ0n) is 21.2. The number of β-lactam (4-membered cyclic amide) rings is 1. The van der Waals surface area contributed by atoms with Gasteiger partial charge in [-0.15, -0.1) is 0 Å². The minimum absolute atomic E-state index is 0.0195. The smallest absolute Gasteiger partial charge is 0.325 e. The maximum atomic E-state index is 13.6. The third-order valence-electron chi connectivity index (χ3n) is 7.37.